The maximum Gasteiger partial charge on any atom is 0.247 e. The number of amides is 3. The van der Waals surface area contributed by atoms with Gasteiger partial charge in [-0.1, -0.05) is 41.4 Å². The number of alkyl halides is 1. The highest BCUT2D eigenvalue weighted by atomic mass is 79.9. The van der Waals surface area contributed by atoms with Gasteiger partial charge in [-0.15, -0.1) is 24.9 Å². The maximum atomic E-state index is 14.3. The molecule has 3 rings (SSSR count). The number of aliphatic hydroxyl groups is 1. The highest BCUT2D eigenvalue weighted by Crippen LogP contribution is 2.68. The van der Waals surface area contributed by atoms with Gasteiger partial charge in [0.15, 0.2) is 0 Å². The van der Waals surface area contributed by atoms with Crippen LogP contribution in [0.25, 0.3) is 0 Å². The third kappa shape index (κ3) is 5.17. The van der Waals surface area contributed by atoms with E-state index in [0.717, 1.165) is 19.3 Å². The van der Waals surface area contributed by atoms with Crippen LogP contribution in [0.3, 0.4) is 0 Å². The van der Waals surface area contributed by atoms with Crippen LogP contribution in [0.2, 0.25) is 0 Å². The third-order valence-electron chi connectivity index (χ3n) is 7.99. The molecule has 1 spiro atoms. The van der Waals surface area contributed by atoms with Crippen molar-refractivity contribution >= 4 is 45.4 Å². The minimum absolute atomic E-state index is 0.0295. The van der Waals surface area contributed by atoms with E-state index in [1.54, 1.807) is 40.8 Å². The van der Waals surface area contributed by atoms with Crippen LogP contribution in [0.4, 0.5) is 0 Å². The highest BCUT2D eigenvalue weighted by Gasteiger charge is 2.75. The number of fused-ring (bicyclic) bond motifs is 1. The van der Waals surface area contributed by atoms with Gasteiger partial charge in [0.05, 0.1) is 16.6 Å². The molecule has 0 aromatic carbocycles. The topological polar surface area (TPSA) is 81.2 Å². The molecule has 0 aromatic rings. The Morgan fingerprint density at radius 1 is 1.25 bits per heavy atom. The molecule has 3 saturated heterocycles. The van der Waals surface area contributed by atoms with Crippen molar-refractivity contribution in [1.82, 2.24) is 14.7 Å². The minimum Gasteiger partial charge on any atom is -0.396 e. The molecular weight excluding hydrogens is 542 g/mol. The number of carbonyl (C=O) groups is 3. The van der Waals surface area contributed by atoms with Crippen LogP contribution in [0.5, 0.6) is 0 Å². The van der Waals surface area contributed by atoms with E-state index in [0.29, 0.717) is 38.9 Å². The molecule has 3 aliphatic heterocycles. The van der Waals surface area contributed by atoms with Crippen molar-refractivity contribution in [2.24, 2.45) is 11.8 Å². The van der Waals surface area contributed by atoms with Gasteiger partial charge in [0.1, 0.15) is 6.04 Å². The number of carbonyl (C=O) groups excluding carboxylic acids is 3. The minimum atomic E-state index is -0.634. The predicted molar refractivity (Wildman–Crippen MR) is 149 cm³/mol. The van der Waals surface area contributed by atoms with Crippen LogP contribution in [0.1, 0.15) is 52.4 Å². The van der Waals surface area contributed by atoms with Gasteiger partial charge in [0.2, 0.25) is 17.7 Å². The van der Waals surface area contributed by atoms with Crippen molar-refractivity contribution in [3.05, 3.63) is 25.3 Å². The number of hydrogen-bond donors (Lipinski definition) is 1. The molecule has 7 atom stereocenters. The molecule has 0 saturated carbocycles. The number of likely N-dealkylation sites (tertiary alicyclic amines) is 1. The molecule has 3 fully saturated rings. The van der Waals surface area contributed by atoms with Gasteiger partial charge >= 0.3 is 0 Å². The molecule has 202 valence electrons. The molecule has 3 amide bonds. The molecule has 9 heteroatoms. The first kappa shape index (κ1) is 29.2. The zero-order valence-electron chi connectivity index (χ0n) is 21.9. The van der Waals surface area contributed by atoms with Gasteiger partial charge in [-0.2, -0.15) is 0 Å². The van der Waals surface area contributed by atoms with E-state index in [1.165, 1.54) is 0 Å². The lowest BCUT2D eigenvalue weighted by molar-refractivity contribution is -0.144. The van der Waals surface area contributed by atoms with Gasteiger partial charge in [0, 0.05) is 49.4 Å². The van der Waals surface area contributed by atoms with Crippen molar-refractivity contribution in [3.8, 4) is 0 Å². The Labute approximate surface area is 228 Å². The van der Waals surface area contributed by atoms with Crippen molar-refractivity contribution in [2.45, 2.75) is 79.3 Å². The van der Waals surface area contributed by atoms with Crippen molar-refractivity contribution in [3.63, 3.8) is 0 Å². The number of aliphatic hydroxyl groups excluding tert-OH is 1. The van der Waals surface area contributed by atoms with E-state index >= 15 is 0 Å². The summed E-state index contributed by atoms with van der Waals surface area (Å²) in [5.74, 6) is -1.13. The Hall–Kier alpha value is -1.32. The first-order valence-corrected chi connectivity index (χ1v) is 15.0. The Balaban J connectivity index is 2.03. The number of hydrogen-bond acceptors (Lipinski definition) is 5. The third-order valence-corrected chi connectivity index (χ3v) is 11.2. The van der Waals surface area contributed by atoms with E-state index in [1.807, 2.05) is 4.90 Å². The van der Waals surface area contributed by atoms with E-state index in [9.17, 15) is 19.5 Å². The van der Waals surface area contributed by atoms with Gasteiger partial charge < -0.3 is 19.8 Å². The fourth-order valence-electron chi connectivity index (χ4n) is 6.40. The zero-order valence-corrected chi connectivity index (χ0v) is 24.3. The molecule has 3 heterocycles. The summed E-state index contributed by atoms with van der Waals surface area (Å²) in [5.41, 5.74) is 0. The summed E-state index contributed by atoms with van der Waals surface area (Å²) >= 11 is 5.51. The second-order valence-corrected chi connectivity index (χ2v) is 13.1. The fourth-order valence-corrected chi connectivity index (χ4v) is 10.00. The van der Waals surface area contributed by atoms with Gasteiger partial charge in [-0.3, -0.25) is 14.4 Å². The molecular formula is C27H42BrN3O4S. The monoisotopic (exact) mass is 583 g/mol. The first-order valence-electron chi connectivity index (χ1n) is 13.2. The second kappa shape index (κ2) is 12.5. The van der Waals surface area contributed by atoms with Gasteiger partial charge in [-0.25, -0.2) is 0 Å². The van der Waals surface area contributed by atoms with Crippen molar-refractivity contribution in [1.29, 1.82) is 0 Å². The zero-order chi connectivity index (χ0) is 26.6. The molecule has 0 aliphatic carbocycles. The number of halogens is 1. The van der Waals surface area contributed by atoms with E-state index in [2.05, 4.69) is 42.9 Å². The smallest absolute Gasteiger partial charge is 0.247 e. The van der Waals surface area contributed by atoms with E-state index in [4.69, 9.17) is 0 Å². The Bertz CT molecular complexity index is 857. The summed E-state index contributed by atoms with van der Waals surface area (Å²) in [6, 6.07) is -0.581. The molecule has 2 bridgehead atoms. The van der Waals surface area contributed by atoms with Crippen LogP contribution >= 0.6 is 27.7 Å². The van der Waals surface area contributed by atoms with E-state index < -0.39 is 22.6 Å². The summed E-state index contributed by atoms with van der Waals surface area (Å²) in [7, 11) is 1.75. The highest BCUT2D eigenvalue weighted by molar-refractivity contribution is 9.09. The molecule has 3 aliphatic rings. The van der Waals surface area contributed by atoms with Crippen LogP contribution in [0, 0.1) is 11.8 Å². The number of nitrogens with zero attached hydrogens (tertiary/aromatic N) is 3. The lowest BCUT2D eigenvalue weighted by Crippen LogP contribution is -2.57. The summed E-state index contributed by atoms with van der Waals surface area (Å²) in [4.78, 5) is 47.4. The van der Waals surface area contributed by atoms with Crippen molar-refractivity contribution in [2.75, 3.05) is 33.3 Å². The molecule has 0 radical (unpaired) electrons. The maximum absolute atomic E-state index is 14.3. The van der Waals surface area contributed by atoms with Crippen LogP contribution in [0.15, 0.2) is 25.3 Å². The normalized spacial score (nSPS) is 31.3. The number of rotatable bonds is 14. The molecule has 7 nitrogen and oxygen atoms in total. The SMILES string of the molecule is C=CCN(C)C(=O)[C@H]1[C@H]2C(=O)N(CCCCCO)C(C(=O)N(CC=C)C(C)CCC)C23CC(Br)[C@@H]1S3. The average Bonchev–Trinajstić information content (AvgIpc) is 3.43. The Kier molecular flexibility index (Phi) is 10.1. The standard InChI is InChI=1S/C27H42BrN3O4S/c1-6-12-18(4)30(14-8-3)26(35)23-27-17-19(28)22(36-27)20(24(33)29(5)13-7-2)21(27)25(34)31(23)15-10-9-11-16-32/h7-8,18-23,32H,2-3,6,9-17H2,1,4-5H3/t18?,19?,20-,21-,22-,23?,27?/m0/s1. The lowest BCUT2D eigenvalue weighted by atomic mass is 9.70. The largest absolute Gasteiger partial charge is 0.396 e. The molecule has 1 N–H and O–H groups in total. The van der Waals surface area contributed by atoms with Crippen molar-refractivity contribution < 1.29 is 19.5 Å². The quantitative estimate of drug-likeness (QED) is 0.192. The summed E-state index contributed by atoms with van der Waals surface area (Å²) in [6.07, 6.45) is 8.12. The van der Waals surface area contributed by atoms with Crippen LogP contribution in [-0.2, 0) is 14.4 Å². The summed E-state index contributed by atoms with van der Waals surface area (Å²) < 4.78 is -0.634. The number of unbranched alkanes of at least 4 members (excludes halogenated alkanes) is 2. The Morgan fingerprint density at radius 2 is 1.94 bits per heavy atom. The fraction of sp³-hybridized carbons (Fsp3) is 0.741. The molecule has 36 heavy (non-hydrogen) atoms. The van der Waals surface area contributed by atoms with Gasteiger partial charge in [-0.05, 0) is 39.0 Å². The average molecular weight is 585 g/mol. The summed E-state index contributed by atoms with van der Waals surface area (Å²) in [5, 5.41) is 9.17. The Morgan fingerprint density at radius 3 is 2.56 bits per heavy atom. The van der Waals surface area contributed by atoms with E-state index in [-0.39, 0.29) is 40.4 Å². The molecule has 4 unspecified atom stereocenters. The lowest BCUT2D eigenvalue weighted by Gasteiger charge is -2.40. The molecule has 0 aromatic heterocycles. The number of likely N-dealkylation sites (N-methyl/N-ethyl adjacent to an activating group) is 1. The first-order chi connectivity index (χ1) is 17.2. The summed E-state index contributed by atoms with van der Waals surface area (Å²) in [6.45, 7) is 13.2. The van der Waals surface area contributed by atoms with Crippen LogP contribution < -0.4 is 0 Å². The van der Waals surface area contributed by atoms with Crippen LogP contribution in [-0.4, -0.2) is 97.7 Å². The number of thioether (sulfide) groups is 1. The van der Waals surface area contributed by atoms with Gasteiger partial charge in [0.25, 0.3) is 0 Å². The predicted octanol–water partition coefficient (Wildman–Crippen LogP) is 3.46. The second-order valence-electron chi connectivity index (χ2n) is 10.4.